The second-order valence-electron chi connectivity index (χ2n) is 4.27. The van der Waals surface area contributed by atoms with Crippen LogP contribution in [0.2, 0.25) is 0 Å². The Morgan fingerprint density at radius 1 is 1.40 bits per heavy atom. The van der Waals surface area contributed by atoms with Gasteiger partial charge in [-0.15, -0.1) is 6.42 Å². The van der Waals surface area contributed by atoms with Crippen molar-refractivity contribution < 1.29 is 19.8 Å². The first-order valence-electron chi connectivity index (χ1n) is 5.90. The van der Waals surface area contributed by atoms with Gasteiger partial charge in [0, 0.05) is 13.5 Å². The molecule has 1 unspecified atom stereocenters. The van der Waals surface area contributed by atoms with Crippen molar-refractivity contribution in [3.63, 3.8) is 0 Å². The summed E-state index contributed by atoms with van der Waals surface area (Å²) in [6.07, 6.45) is 5.20. The van der Waals surface area contributed by atoms with Gasteiger partial charge < -0.3 is 20.4 Å². The average molecular weight is 276 g/mol. The van der Waals surface area contributed by atoms with Crippen LogP contribution in [0.4, 0.5) is 4.79 Å². The molecule has 1 rings (SSSR count). The van der Waals surface area contributed by atoms with Crippen LogP contribution in [0.1, 0.15) is 5.56 Å². The molecule has 0 aliphatic rings. The van der Waals surface area contributed by atoms with Gasteiger partial charge in [-0.25, -0.2) is 9.59 Å². The fraction of sp³-hybridized carbons (Fsp3) is 0.286. The molecule has 0 spiro atoms. The number of carboxylic acids is 1. The predicted molar refractivity (Wildman–Crippen MR) is 73.2 cm³/mol. The molecule has 1 aromatic rings. The zero-order valence-electron chi connectivity index (χ0n) is 11.0. The number of aromatic hydroxyl groups is 1. The fourth-order valence-electron chi connectivity index (χ4n) is 1.54. The summed E-state index contributed by atoms with van der Waals surface area (Å²) in [6, 6.07) is 4.51. The lowest BCUT2D eigenvalue weighted by Gasteiger charge is -2.19. The summed E-state index contributed by atoms with van der Waals surface area (Å²) in [7, 11) is 1.48. The Morgan fingerprint density at radius 3 is 2.50 bits per heavy atom. The molecule has 3 N–H and O–H groups in total. The van der Waals surface area contributed by atoms with E-state index in [9.17, 15) is 9.59 Å². The Labute approximate surface area is 117 Å². The van der Waals surface area contributed by atoms with Gasteiger partial charge in [0.15, 0.2) is 0 Å². The zero-order chi connectivity index (χ0) is 15.1. The van der Waals surface area contributed by atoms with Crippen molar-refractivity contribution in [3.8, 4) is 18.1 Å². The van der Waals surface area contributed by atoms with Crippen LogP contribution < -0.4 is 5.32 Å². The van der Waals surface area contributed by atoms with Crippen LogP contribution in [0, 0.1) is 12.3 Å². The number of nitrogens with zero attached hydrogens (tertiary/aromatic N) is 1. The first kappa shape index (κ1) is 15.4. The molecule has 1 aromatic carbocycles. The molecule has 1 atom stereocenters. The van der Waals surface area contributed by atoms with Crippen LogP contribution in [0.25, 0.3) is 0 Å². The summed E-state index contributed by atoms with van der Waals surface area (Å²) in [5.74, 6) is 1.25. The molecule has 6 heteroatoms. The van der Waals surface area contributed by atoms with E-state index in [1.54, 1.807) is 12.1 Å². The van der Waals surface area contributed by atoms with E-state index >= 15 is 0 Å². The molecule has 0 bridgehead atoms. The van der Waals surface area contributed by atoms with Crippen molar-refractivity contribution >= 4 is 12.0 Å². The number of hydrogen-bond acceptors (Lipinski definition) is 3. The minimum atomic E-state index is -1.14. The SMILES string of the molecule is C#CCN(C)C(=O)NC(Cc1ccc(O)cc1)C(=O)O. The van der Waals surface area contributed by atoms with Crippen molar-refractivity contribution in [1.82, 2.24) is 10.2 Å². The average Bonchev–Trinajstić information content (AvgIpc) is 2.40. The molecule has 0 heterocycles. The van der Waals surface area contributed by atoms with Crippen LogP contribution in [0.15, 0.2) is 24.3 Å². The largest absolute Gasteiger partial charge is 0.508 e. The van der Waals surface area contributed by atoms with E-state index in [4.69, 9.17) is 16.6 Å². The quantitative estimate of drug-likeness (QED) is 0.689. The van der Waals surface area contributed by atoms with Crippen molar-refractivity contribution in [2.45, 2.75) is 12.5 Å². The summed E-state index contributed by atoms with van der Waals surface area (Å²) in [5.41, 5.74) is 0.690. The number of benzene rings is 1. The smallest absolute Gasteiger partial charge is 0.326 e. The van der Waals surface area contributed by atoms with Crippen LogP contribution in [0.5, 0.6) is 5.75 Å². The maximum absolute atomic E-state index is 11.7. The van der Waals surface area contributed by atoms with E-state index in [-0.39, 0.29) is 18.7 Å². The maximum atomic E-state index is 11.7. The number of nitrogens with one attached hydrogen (secondary N) is 1. The third-order valence-corrected chi connectivity index (χ3v) is 2.65. The number of urea groups is 1. The Morgan fingerprint density at radius 2 is 2.00 bits per heavy atom. The third kappa shape index (κ3) is 4.53. The van der Waals surface area contributed by atoms with Crippen LogP contribution in [-0.4, -0.2) is 46.7 Å². The standard InChI is InChI=1S/C14H16N2O4/c1-3-8-16(2)14(20)15-12(13(18)19)9-10-4-6-11(17)7-5-10/h1,4-7,12,17H,8-9H2,2H3,(H,15,20)(H,18,19). The Balaban J connectivity index is 2.70. The Hall–Kier alpha value is -2.68. The van der Waals surface area contributed by atoms with E-state index in [1.807, 2.05) is 0 Å². The molecule has 20 heavy (non-hydrogen) atoms. The van der Waals surface area contributed by atoms with E-state index in [0.717, 1.165) is 0 Å². The molecule has 0 aromatic heterocycles. The van der Waals surface area contributed by atoms with E-state index < -0.39 is 18.0 Å². The minimum Gasteiger partial charge on any atom is -0.508 e. The topological polar surface area (TPSA) is 89.9 Å². The molecule has 0 aliphatic carbocycles. The highest BCUT2D eigenvalue weighted by molar-refractivity contribution is 5.82. The van der Waals surface area contributed by atoms with Crippen LogP contribution in [-0.2, 0) is 11.2 Å². The van der Waals surface area contributed by atoms with Gasteiger partial charge in [-0.3, -0.25) is 0 Å². The van der Waals surface area contributed by atoms with Crippen LogP contribution >= 0.6 is 0 Å². The van der Waals surface area contributed by atoms with Crippen molar-refractivity contribution in [2.24, 2.45) is 0 Å². The number of amides is 2. The Kier molecular flexibility index (Phi) is 5.42. The van der Waals surface area contributed by atoms with Gasteiger partial charge >= 0.3 is 12.0 Å². The van der Waals surface area contributed by atoms with Gasteiger partial charge in [0.2, 0.25) is 0 Å². The van der Waals surface area contributed by atoms with Gasteiger partial charge in [0.25, 0.3) is 0 Å². The highest BCUT2D eigenvalue weighted by Crippen LogP contribution is 2.11. The first-order valence-corrected chi connectivity index (χ1v) is 5.90. The highest BCUT2D eigenvalue weighted by atomic mass is 16.4. The lowest BCUT2D eigenvalue weighted by atomic mass is 10.1. The minimum absolute atomic E-state index is 0.0946. The maximum Gasteiger partial charge on any atom is 0.326 e. The fourth-order valence-corrected chi connectivity index (χ4v) is 1.54. The molecule has 0 saturated carbocycles. The number of terminal acetylenes is 1. The predicted octanol–water partition coefficient (Wildman–Crippen LogP) is 0.662. The number of carboxylic acid groups (broad SMARTS) is 1. The summed E-state index contributed by atoms with van der Waals surface area (Å²) < 4.78 is 0. The molecule has 0 fully saturated rings. The molecule has 0 saturated heterocycles. The van der Waals surface area contributed by atoms with Gasteiger partial charge in [-0.2, -0.15) is 0 Å². The monoisotopic (exact) mass is 276 g/mol. The number of phenolic OH excluding ortho intramolecular Hbond substituents is 1. The number of hydrogen-bond donors (Lipinski definition) is 3. The van der Waals surface area contributed by atoms with Crippen molar-refractivity contribution in [1.29, 1.82) is 0 Å². The van der Waals surface area contributed by atoms with Gasteiger partial charge in [0.05, 0.1) is 6.54 Å². The van der Waals surface area contributed by atoms with Crippen molar-refractivity contribution in [2.75, 3.05) is 13.6 Å². The molecule has 0 aliphatic heterocycles. The molecule has 0 radical (unpaired) electrons. The number of phenols is 1. The normalized spacial score (nSPS) is 11.2. The second kappa shape index (κ2) is 7.04. The lowest BCUT2D eigenvalue weighted by Crippen LogP contribution is -2.47. The summed E-state index contributed by atoms with van der Waals surface area (Å²) in [6.45, 7) is 0.0946. The third-order valence-electron chi connectivity index (χ3n) is 2.65. The molecule has 2 amide bonds. The molecular formula is C14H16N2O4. The van der Waals surface area contributed by atoms with Crippen LogP contribution in [0.3, 0.4) is 0 Å². The number of rotatable bonds is 5. The van der Waals surface area contributed by atoms with E-state index in [1.165, 1.54) is 24.1 Å². The summed E-state index contributed by atoms with van der Waals surface area (Å²) in [4.78, 5) is 24.1. The summed E-state index contributed by atoms with van der Waals surface area (Å²) in [5, 5.41) is 20.7. The van der Waals surface area contributed by atoms with Gasteiger partial charge in [-0.05, 0) is 17.7 Å². The molecule has 6 nitrogen and oxygen atoms in total. The molecular weight excluding hydrogens is 260 g/mol. The van der Waals surface area contributed by atoms with E-state index in [0.29, 0.717) is 5.56 Å². The highest BCUT2D eigenvalue weighted by Gasteiger charge is 2.21. The Bertz CT molecular complexity index is 519. The number of carbonyl (C=O) groups is 2. The first-order chi connectivity index (χ1) is 9.43. The van der Waals surface area contributed by atoms with Gasteiger partial charge in [0.1, 0.15) is 11.8 Å². The summed E-state index contributed by atoms with van der Waals surface area (Å²) >= 11 is 0. The van der Waals surface area contributed by atoms with Crippen molar-refractivity contribution in [3.05, 3.63) is 29.8 Å². The number of carbonyl (C=O) groups excluding carboxylic acids is 1. The molecule has 106 valence electrons. The number of aliphatic carboxylic acids is 1. The van der Waals surface area contributed by atoms with Gasteiger partial charge in [-0.1, -0.05) is 18.1 Å². The lowest BCUT2D eigenvalue weighted by molar-refractivity contribution is -0.139. The van der Waals surface area contributed by atoms with E-state index in [2.05, 4.69) is 11.2 Å². The second-order valence-corrected chi connectivity index (χ2v) is 4.27. The zero-order valence-corrected chi connectivity index (χ0v) is 11.0.